The maximum atomic E-state index is 12.9. The van der Waals surface area contributed by atoms with E-state index in [2.05, 4.69) is 4.98 Å². The van der Waals surface area contributed by atoms with Gasteiger partial charge in [0.05, 0.1) is 6.54 Å². The van der Waals surface area contributed by atoms with Crippen LogP contribution in [0.2, 0.25) is 0 Å². The summed E-state index contributed by atoms with van der Waals surface area (Å²) in [5.41, 5.74) is 1.25. The number of aromatic nitrogens is 4. The normalized spacial score (nSPS) is 13.8. The van der Waals surface area contributed by atoms with Crippen LogP contribution in [-0.4, -0.2) is 42.2 Å². The first-order valence-corrected chi connectivity index (χ1v) is 12.6. The largest absolute Gasteiger partial charge is 0.489 e. The quantitative estimate of drug-likeness (QED) is 0.352. The van der Waals surface area contributed by atoms with Gasteiger partial charge in [0.1, 0.15) is 35.1 Å². The predicted octanol–water partition coefficient (Wildman–Crippen LogP) is 5.01. The number of aryl methyl sites for hydroxylation is 1. The highest BCUT2D eigenvalue weighted by molar-refractivity contribution is 5.84. The van der Waals surface area contributed by atoms with Crippen molar-refractivity contribution >= 4 is 17.1 Å². The molecule has 4 aromatic heterocycles. The maximum Gasteiger partial charge on any atom is 0.433 e. The summed E-state index contributed by atoms with van der Waals surface area (Å²) in [6.07, 6.45) is -1.60. The molecule has 0 N–H and O–H groups in total. The molecule has 12 heteroatoms. The summed E-state index contributed by atoms with van der Waals surface area (Å²) in [4.78, 5) is 35.4. The smallest absolute Gasteiger partial charge is 0.433 e. The molecule has 0 spiro atoms. The van der Waals surface area contributed by atoms with E-state index in [0.29, 0.717) is 36.5 Å². The fraction of sp³-hybridized carbons (Fsp3) is 0.357. The summed E-state index contributed by atoms with van der Waals surface area (Å²) in [5, 5.41) is 0.896. The molecule has 40 heavy (non-hydrogen) atoms. The molecule has 1 aliphatic rings. The zero-order valence-electron chi connectivity index (χ0n) is 22.5. The topological polar surface area (TPSA) is 91.5 Å². The molecule has 0 aliphatic carbocycles. The lowest BCUT2D eigenvalue weighted by Crippen LogP contribution is -2.40. The molecule has 0 radical (unpaired) electrons. The first-order valence-electron chi connectivity index (χ1n) is 12.6. The van der Waals surface area contributed by atoms with Crippen LogP contribution in [0.3, 0.4) is 0 Å². The van der Waals surface area contributed by atoms with Gasteiger partial charge < -0.3 is 18.9 Å². The third-order valence-corrected chi connectivity index (χ3v) is 6.53. The van der Waals surface area contributed by atoms with Gasteiger partial charge in [0.2, 0.25) is 0 Å². The number of alkyl halides is 3. The first-order chi connectivity index (χ1) is 18.8. The highest BCUT2D eigenvalue weighted by Gasteiger charge is 2.32. The van der Waals surface area contributed by atoms with Crippen LogP contribution in [0.5, 0.6) is 5.75 Å². The van der Waals surface area contributed by atoms with Crippen LogP contribution in [0.1, 0.15) is 43.3 Å². The highest BCUT2D eigenvalue weighted by Crippen LogP contribution is 2.31. The van der Waals surface area contributed by atoms with Gasteiger partial charge in [-0.2, -0.15) is 13.2 Å². The van der Waals surface area contributed by atoms with Crippen LogP contribution in [0, 0.1) is 0 Å². The summed E-state index contributed by atoms with van der Waals surface area (Å²) >= 11 is 0. The van der Waals surface area contributed by atoms with E-state index in [-0.39, 0.29) is 24.0 Å². The summed E-state index contributed by atoms with van der Waals surface area (Å²) in [6.45, 7) is 6.39. The number of rotatable bonds is 4. The molecular weight excluding hydrogens is 527 g/mol. The van der Waals surface area contributed by atoms with Crippen molar-refractivity contribution in [2.24, 2.45) is 7.05 Å². The number of carbonyl (C=O) groups excluding carboxylic acids is 1. The molecule has 0 aromatic carbocycles. The molecule has 5 heterocycles. The van der Waals surface area contributed by atoms with Crippen molar-refractivity contribution in [3.05, 3.63) is 81.7 Å². The Labute approximate surface area is 227 Å². The van der Waals surface area contributed by atoms with Gasteiger partial charge in [0.15, 0.2) is 0 Å². The van der Waals surface area contributed by atoms with Crippen LogP contribution in [0.25, 0.3) is 16.9 Å². The second-order valence-electron chi connectivity index (χ2n) is 10.6. The molecule has 0 saturated heterocycles. The van der Waals surface area contributed by atoms with Gasteiger partial charge in [0, 0.05) is 60.7 Å². The number of fused-ring (bicyclic) bond motifs is 3. The minimum absolute atomic E-state index is 0.0476. The lowest BCUT2D eigenvalue weighted by atomic mass is 10.1. The number of hydrogen-bond donors (Lipinski definition) is 0. The molecule has 0 saturated carbocycles. The monoisotopic (exact) mass is 555 g/mol. The van der Waals surface area contributed by atoms with Crippen molar-refractivity contribution in [3.63, 3.8) is 0 Å². The van der Waals surface area contributed by atoms with E-state index in [1.807, 2.05) is 38.5 Å². The standard InChI is InChI=1S/C28H28F3N5O4/c1-27(2,3)40-26(38)35-11-10-21-20(15-35)19-6-8-23(33-25(19)34(21)4)36-12-9-18(13-24(36)37)39-16-17-5-7-22(32-14-17)28(29,30)31/h5-9,12-14H,10-11,15-16H2,1-4H3. The Balaban J connectivity index is 1.34. The average Bonchev–Trinajstić information content (AvgIpc) is 3.17. The Morgan fingerprint density at radius 1 is 1.10 bits per heavy atom. The van der Waals surface area contributed by atoms with E-state index < -0.39 is 17.5 Å². The van der Waals surface area contributed by atoms with Gasteiger partial charge in [0.25, 0.3) is 5.56 Å². The summed E-state index contributed by atoms with van der Waals surface area (Å²) in [7, 11) is 1.91. The van der Waals surface area contributed by atoms with Crippen molar-refractivity contribution in [3.8, 4) is 11.6 Å². The van der Waals surface area contributed by atoms with Gasteiger partial charge in [-0.3, -0.25) is 14.3 Å². The minimum Gasteiger partial charge on any atom is -0.489 e. The van der Waals surface area contributed by atoms with E-state index in [0.717, 1.165) is 28.9 Å². The van der Waals surface area contributed by atoms with Crippen LogP contribution in [0.15, 0.2) is 53.6 Å². The Kier molecular flexibility index (Phi) is 6.80. The Hall–Kier alpha value is -4.35. The Morgan fingerprint density at radius 2 is 1.88 bits per heavy atom. The molecule has 9 nitrogen and oxygen atoms in total. The van der Waals surface area contributed by atoms with Gasteiger partial charge in [-0.25, -0.2) is 9.78 Å². The molecule has 0 fully saturated rings. The van der Waals surface area contributed by atoms with E-state index in [1.165, 1.54) is 22.9 Å². The second-order valence-corrected chi connectivity index (χ2v) is 10.6. The molecule has 0 bridgehead atoms. The molecule has 4 aromatic rings. The van der Waals surface area contributed by atoms with Gasteiger partial charge in [-0.1, -0.05) is 6.07 Å². The second kappa shape index (κ2) is 10.00. The SMILES string of the molecule is Cn1c2c(c3ccc(-n4ccc(OCc5ccc(C(F)(F)F)nc5)cc4=O)nc31)CN(C(=O)OC(C)(C)C)CC2. The number of ether oxygens (including phenoxy) is 2. The summed E-state index contributed by atoms with van der Waals surface area (Å²) in [6, 6.07) is 8.67. The fourth-order valence-corrected chi connectivity index (χ4v) is 4.62. The van der Waals surface area contributed by atoms with Crippen molar-refractivity contribution in [2.75, 3.05) is 6.54 Å². The molecule has 1 amide bonds. The van der Waals surface area contributed by atoms with Crippen LogP contribution in [0.4, 0.5) is 18.0 Å². The van der Waals surface area contributed by atoms with E-state index in [9.17, 15) is 22.8 Å². The van der Waals surface area contributed by atoms with Crippen LogP contribution < -0.4 is 10.3 Å². The lowest BCUT2D eigenvalue weighted by Gasteiger charge is -2.30. The third-order valence-electron chi connectivity index (χ3n) is 6.53. The Morgan fingerprint density at radius 3 is 2.52 bits per heavy atom. The van der Waals surface area contributed by atoms with E-state index >= 15 is 0 Å². The average molecular weight is 556 g/mol. The van der Waals surface area contributed by atoms with Crippen molar-refractivity contribution in [1.29, 1.82) is 0 Å². The van der Waals surface area contributed by atoms with Crippen molar-refractivity contribution in [1.82, 2.24) is 24.0 Å². The van der Waals surface area contributed by atoms with Crippen LogP contribution in [-0.2, 0) is 37.5 Å². The summed E-state index contributed by atoms with van der Waals surface area (Å²) in [5.74, 6) is 0.678. The van der Waals surface area contributed by atoms with Gasteiger partial charge in [-0.05, 0) is 45.0 Å². The van der Waals surface area contributed by atoms with Crippen LogP contribution >= 0.6 is 0 Å². The number of carbonyl (C=O) groups is 1. The number of pyridine rings is 3. The number of halogens is 3. The first kappa shape index (κ1) is 27.2. The lowest BCUT2D eigenvalue weighted by molar-refractivity contribution is -0.141. The molecular formula is C28H28F3N5O4. The highest BCUT2D eigenvalue weighted by atomic mass is 19.4. The zero-order valence-corrected chi connectivity index (χ0v) is 22.5. The van der Waals surface area contributed by atoms with E-state index in [1.54, 1.807) is 17.0 Å². The molecule has 5 rings (SSSR count). The zero-order chi connectivity index (χ0) is 28.8. The number of nitrogens with zero attached hydrogens (tertiary/aromatic N) is 5. The Bertz CT molecular complexity index is 1640. The number of amides is 1. The van der Waals surface area contributed by atoms with Crippen molar-refractivity contribution in [2.45, 2.75) is 52.1 Å². The van der Waals surface area contributed by atoms with Gasteiger partial charge >= 0.3 is 12.3 Å². The fourth-order valence-electron chi connectivity index (χ4n) is 4.62. The molecule has 0 atom stereocenters. The van der Waals surface area contributed by atoms with Gasteiger partial charge in [-0.15, -0.1) is 0 Å². The predicted molar refractivity (Wildman–Crippen MR) is 140 cm³/mol. The molecule has 0 unspecified atom stereocenters. The summed E-state index contributed by atoms with van der Waals surface area (Å²) < 4.78 is 52.6. The third kappa shape index (κ3) is 5.51. The minimum atomic E-state index is -4.51. The van der Waals surface area contributed by atoms with Crippen molar-refractivity contribution < 1.29 is 27.4 Å². The number of hydrogen-bond acceptors (Lipinski definition) is 6. The maximum absolute atomic E-state index is 12.9. The molecule has 1 aliphatic heterocycles. The molecule has 210 valence electrons. The van der Waals surface area contributed by atoms with E-state index in [4.69, 9.17) is 14.5 Å².